The summed E-state index contributed by atoms with van der Waals surface area (Å²) >= 11 is 0. The number of hydrogen-bond acceptors (Lipinski definition) is 5. The molecule has 0 radical (unpaired) electrons. The number of methoxy groups -OCH3 is 1. The summed E-state index contributed by atoms with van der Waals surface area (Å²) in [5.41, 5.74) is 3.03. The summed E-state index contributed by atoms with van der Waals surface area (Å²) in [5.74, 6) is 1.88. The summed E-state index contributed by atoms with van der Waals surface area (Å²) in [6.07, 6.45) is 1.18. The Kier molecular flexibility index (Phi) is 5.26. The third-order valence-corrected chi connectivity index (χ3v) is 4.83. The molecule has 6 nitrogen and oxygen atoms in total. The van der Waals surface area contributed by atoms with Crippen LogP contribution < -0.4 is 9.64 Å². The lowest BCUT2D eigenvalue weighted by molar-refractivity contribution is -0.131. The number of anilines is 1. The summed E-state index contributed by atoms with van der Waals surface area (Å²) in [4.78, 5) is 16.7. The van der Waals surface area contributed by atoms with Gasteiger partial charge in [0.15, 0.2) is 0 Å². The van der Waals surface area contributed by atoms with Crippen LogP contribution in [-0.2, 0) is 11.2 Å². The molecule has 0 spiro atoms. The van der Waals surface area contributed by atoms with E-state index in [-0.39, 0.29) is 5.91 Å². The maximum absolute atomic E-state index is 12.5. The predicted octanol–water partition coefficient (Wildman–Crippen LogP) is 2.58. The van der Waals surface area contributed by atoms with Crippen molar-refractivity contribution in [3.05, 3.63) is 41.3 Å². The van der Waals surface area contributed by atoms with E-state index in [2.05, 4.69) is 16.1 Å². The molecule has 1 saturated heterocycles. The van der Waals surface area contributed by atoms with E-state index in [4.69, 9.17) is 9.26 Å². The average molecular weight is 343 g/mol. The second-order valence-electron chi connectivity index (χ2n) is 6.34. The van der Waals surface area contributed by atoms with Gasteiger partial charge in [-0.1, -0.05) is 17.3 Å². The summed E-state index contributed by atoms with van der Waals surface area (Å²) in [7, 11) is 1.69. The average Bonchev–Trinajstić information content (AvgIpc) is 2.97. The van der Waals surface area contributed by atoms with Crippen molar-refractivity contribution in [2.45, 2.75) is 26.7 Å². The zero-order chi connectivity index (χ0) is 17.8. The van der Waals surface area contributed by atoms with Crippen LogP contribution in [0.4, 0.5) is 5.69 Å². The Bertz CT molecular complexity index is 714. The van der Waals surface area contributed by atoms with Gasteiger partial charge in [0.1, 0.15) is 11.5 Å². The van der Waals surface area contributed by atoms with E-state index in [1.165, 1.54) is 0 Å². The molecule has 2 heterocycles. The largest absolute Gasteiger partial charge is 0.495 e. The van der Waals surface area contributed by atoms with Crippen molar-refractivity contribution in [3.8, 4) is 5.75 Å². The van der Waals surface area contributed by atoms with Crippen molar-refractivity contribution in [3.63, 3.8) is 0 Å². The Labute approximate surface area is 148 Å². The van der Waals surface area contributed by atoms with Gasteiger partial charge in [0.2, 0.25) is 5.91 Å². The van der Waals surface area contributed by atoms with Gasteiger partial charge in [0.25, 0.3) is 0 Å². The third kappa shape index (κ3) is 3.78. The molecule has 2 aromatic rings. The number of aromatic nitrogens is 1. The summed E-state index contributed by atoms with van der Waals surface area (Å²) in [5, 5.41) is 3.95. The Balaban J connectivity index is 1.54. The number of rotatable bonds is 5. The first-order chi connectivity index (χ1) is 12.1. The molecule has 0 unspecified atom stereocenters. The second kappa shape index (κ2) is 7.59. The van der Waals surface area contributed by atoms with Crippen LogP contribution in [0.2, 0.25) is 0 Å². The molecule has 0 saturated carbocycles. The Morgan fingerprint density at radius 1 is 1.20 bits per heavy atom. The lowest BCUT2D eigenvalue weighted by Gasteiger charge is -2.36. The number of para-hydroxylation sites is 2. The highest BCUT2D eigenvalue weighted by molar-refractivity contribution is 5.77. The van der Waals surface area contributed by atoms with E-state index in [1.807, 2.05) is 36.9 Å². The minimum absolute atomic E-state index is 0.194. The lowest BCUT2D eigenvalue weighted by atomic mass is 10.1. The van der Waals surface area contributed by atoms with Crippen molar-refractivity contribution in [2.24, 2.45) is 0 Å². The molecule has 0 bridgehead atoms. The first-order valence-electron chi connectivity index (χ1n) is 8.67. The quantitative estimate of drug-likeness (QED) is 0.835. The van der Waals surface area contributed by atoms with Gasteiger partial charge in [0, 0.05) is 38.2 Å². The van der Waals surface area contributed by atoms with E-state index < -0.39 is 0 Å². The molecule has 1 aliphatic rings. The maximum Gasteiger partial charge on any atom is 0.223 e. The van der Waals surface area contributed by atoms with E-state index in [1.54, 1.807) is 7.11 Å². The van der Waals surface area contributed by atoms with Crippen molar-refractivity contribution in [1.82, 2.24) is 10.1 Å². The minimum Gasteiger partial charge on any atom is -0.495 e. The molecule has 1 amide bonds. The van der Waals surface area contributed by atoms with E-state index in [0.717, 1.165) is 54.6 Å². The molecule has 3 rings (SSSR count). The molecule has 0 atom stereocenters. The number of carbonyl (C=O) groups excluding carboxylic acids is 1. The van der Waals surface area contributed by atoms with E-state index in [0.29, 0.717) is 12.8 Å². The normalized spacial score (nSPS) is 14.7. The number of aryl methyl sites for hydroxylation is 2. The van der Waals surface area contributed by atoms with Gasteiger partial charge in [-0.2, -0.15) is 0 Å². The molecule has 6 heteroatoms. The van der Waals surface area contributed by atoms with Crippen LogP contribution in [0.3, 0.4) is 0 Å². The lowest BCUT2D eigenvalue weighted by Crippen LogP contribution is -2.49. The first kappa shape index (κ1) is 17.3. The third-order valence-electron chi connectivity index (χ3n) is 4.83. The van der Waals surface area contributed by atoms with Crippen LogP contribution in [0.5, 0.6) is 5.75 Å². The Morgan fingerprint density at radius 2 is 1.92 bits per heavy atom. The van der Waals surface area contributed by atoms with E-state index in [9.17, 15) is 4.79 Å². The van der Waals surface area contributed by atoms with Gasteiger partial charge in [-0.3, -0.25) is 4.79 Å². The topological polar surface area (TPSA) is 58.8 Å². The number of hydrogen-bond donors (Lipinski definition) is 0. The highest BCUT2D eigenvalue weighted by Gasteiger charge is 2.23. The highest BCUT2D eigenvalue weighted by Crippen LogP contribution is 2.28. The summed E-state index contributed by atoms with van der Waals surface area (Å²) in [6, 6.07) is 8.01. The molecule has 0 N–H and O–H groups in total. The van der Waals surface area contributed by atoms with Gasteiger partial charge in [0.05, 0.1) is 18.5 Å². The van der Waals surface area contributed by atoms with Crippen molar-refractivity contribution in [1.29, 1.82) is 0 Å². The smallest absolute Gasteiger partial charge is 0.223 e. The number of amides is 1. The fraction of sp³-hybridized carbons (Fsp3) is 0.474. The van der Waals surface area contributed by atoms with Gasteiger partial charge in [-0.15, -0.1) is 0 Å². The second-order valence-corrected chi connectivity index (χ2v) is 6.34. The van der Waals surface area contributed by atoms with Crippen LogP contribution in [0.1, 0.15) is 23.4 Å². The highest BCUT2D eigenvalue weighted by atomic mass is 16.5. The predicted molar refractivity (Wildman–Crippen MR) is 96.1 cm³/mol. The van der Waals surface area contributed by atoms with Crippen molar-refractivity contribution in [2.75, 3.05) is 38.2 Å². The monoisotopic (exact) mass is 343 g/mol. The number of ether oxygens (including phenoxy) is 1. The van der Waals surface area contributed by atoms with Crippen LogP contribution in [0.25, 0.3) is 0 Å². The van der Waals surface area contributed by atoms with Gasteiger partial charge in [-0.25, -0.2) is 0 Å². The van der Waals surface area contributed by atoms with Crippen LogP contribution in [0, 0.1) is 13.8 Å². The molecule has 0 aliphatic carbocycles. The van der Waals surface area contributed by atoms with Gasteiger partial charge in [-0.05, 0) is 32.4 Å². The zero-order valence-corrected chi connectivity index (χ0v) is 15.1. The molecule has 1 aromatic carbocycles. The van der Waals surface area contributed by atoms with Crippen LogP contribution >= 0.6 is 0 Å². The molecule has 1 aromatic heterocycles. The minimum atomic E-state index is 0.194. The van der Waals surface area contributed by atoms with E-state index >= 15 is 0 Å². The standard InChI is InChI=1S/C19H25N3O3/c1-14-16(15(2)25-20-14)8-9-19(23)22-12-10-21(11-13-22)17-6-4-5-7-18(17)24-3/h4-7H,8-13H2,1-3H3. The summed E-state index contributed by atoms with van der Waals surface area (Å²) in [6.45, 7) is 6.92. The number of carbonyl (C=O) groups is 1. The van der Waals surface area contributed by atoms with Gasteiger partial charge < -0.3 is 19.1 Å². The van der Waals surface area contributed by atoms with Gasteiger partial charge >= 0.3 is 0 Å². The fourth-order valence-corrected chi connectivity index (χ4v) is 3.34. The molecular formula is C19H25N3O3. The molecule has 1 fully saturated rings. The SMILES string of the molecule is COc1ccccc1N1CCN(C(=O)CCc2c(C)noc2C)CC1. The first-order valence-corrected chi connectivity index (χ1v) is 8.67. The molecule has 134 valence electrons. The molecule has 1 aliphatic heterocycles. The summed E-state index contributed by atoms with van der Waals surface area (Å²) < 4.78 is 10.6. The number of nitrogens with zero attached hydrogens (tertiary/aromatic N) is 3. The number of piperazine rings is 1. The molecule has 25 heavy (non-hydrogen) atoms. The van der Waals surface area contributed by atoms with Crippen LogP contribution in [0.15, 0.2) is 28.8 Å². The Morgan fingerprint density at radius 3 is 2.56 bits per heavy atom. The van der Waals surface area contributed by atoms with Crippen LogP contribution in [-0.4, -0.2) is 49.3 Å². The van der Waals surface area contributed by atoms with Crippen molar-refractivity contribution >= 4 is 11.6 Å². The van der Waals surface area contributed by atoms with Crippen molar-refractivity contribution < 1.29 is 14.1 Å². The zero-order valence-electron chi connectivity index (χ0n) is 15.1. The molecular weight excluding hydrogens is 318 g/mol. The maximum atomic E-state index is 12.5. The fourth-order valence-electron chi connectivity index (χ4n) is 3.34. The Hall–Kier alpha value is -2.50. The number of benzene rings is 1.